The third-order valence-corrected chi connectivity index (χ3v) is 3.86. The summed E-state index contributed by atoms with van der Waals surface area (Å²) < 4.78 is 12.6. The Morgan fingerprint density at radius 3 is 2.68 bits per heavy atom. The molecule has 2 amide bonds. The molecule has 9 heteroatoms. The summed E-state index contributed by atoms with van der Waals surface area (Å²) in [5, 5.41) is 3.92. The molecule has 9 nitrogen and oxygen atoms in total. The van der Waals surface area contributed by atoms with Crippen molar-refractivity contribution in [1.82, 2.24) is 4.57 Å². The van der Waals surface area contributed by atoms with Gasteiger partial charge in [0.15, 0.2) is 11.7 Å². The van der Waals surface area contributed by atoms with Crippen LogP contribution in [0.3, 0.4) is 0 Å². The van der Waals surface area contributed by atoms with Crippen molar-refractivity contribution in [3.8, 4) is 0 Å². The van der Waals surface area contributed by atoms with Gasteiger partial charge in [-0.1, -0.05) is 0 Å². The van der Waals surface area contributed by atoms with E-state index in [9.17, 15) is 9.59 Å². The molecule has 2 heterocycles. The third kappa shape index (κ3) is 2.92. The van der Waals surface area contributed by atoms with Gasteiger partial charge in [0.25, 0.3) is 5.91 Å². The van der Waals surface area contributed by atoms with E-state index in [0.717, 1.165) is 5.52 Å². The topological polar surface area (TPSA) is 112 Å². The Bertz CT molecular complexity index is 905. The molecule has 1 aromatic heterocycles. The number of cyclic esters (lactones) is 1. The molecule has 134 valence electrons. The monoisotopic (exact) mass is 348 g/mol. The number of rotatable bonds is 3. The lowest BCUT2D eigenvalue weighted by molar-refractivity contribution is -0.124. The zero-order chi connectivity index (χ0) is 18.4. The molecule has 1 atom stereocenters. The largest absolute Gasteiger partial charge is 0.434 e. The molecule has 0 aliphatic carbocycles. The molecule has 0 saturated carbocycles. The van der Waals surface area contributed by atoms with Crippen LogP contribution in [0.2, 0.25) is 0 Å². The van der Waals surface area contributed by atoms with Gasteiger partial charge in [0.2, 0.25) is 0 Å². The minimum atomic E-state index is -0.960. The second kappa shape index (κ2) is 5.83. The first-order chi connectivity index (χ1) is 11.7. The number of aromatic nitrogens is 1. The normalized spacial score (nSPS) is 18.7. The Balaban J connectivity index is 2.09. The maximum atomic E-state index is 12.0. The van der Waals surface area contributed by atoms with Gasteiger partial charge in [-0.3, -0.25) is 14.3 Å². The molecule has 25 heavy (non-hydrogen) atoms. The van der Waals surface area contributed by atoms with Gasteiger partial charge in [0.05, 0.1) is 17.7 Å². The van der Waals surface area contributed by atoms with Crippen molar-refractivity contribution in [3.63, 3.8) is 0 Å². The number of hydrogen-bond acceptors (Lipinski definition) is 6. The van der Waals surface area contributed by atoms with Crippen molar-refractivity contribution < 1.29 is 23.6 Å². The van der Waals surface area contributed by atoms with Crippen LogP contribution in [0.5, 0.6) is 0 Å². The number of hydrogen-bond donors (Lipinski definition) is 1. The predicted octanol–water partition coefficient (Wildman–Crippen LogP) is 1.26. The van der Waals surface area contributed by atoms with Crippen LogP contribution >= 0.6 is 0 Å². The second-order valence-electron chi connectivity index (χ2n) is 6.70. The standard InChI is InChI=1S/C16H20N4O5/c1-16(2,3)20-10-6-5-9(7-11(10)24-14(20)18-23-4)19-8-12(13(17)21)25-15(19)22/h5-7,12H,8H2,1-4H3,(H2,17,21)/b18-14+/t12-/m1/s1. The molecule has 0 spiro atoms. The molecule has 0 bridgehead atoms. The van der Waals surface area contributed by atoms with E-state index in [-0.39, 0.29) is 12.1 Å². The molecule has 2 aromatic rings. The van der Waals surface area contributed by atoms with E-state index in [0.29, 0.717) is 17.0 Å². The third-order valence-electron chi connectivity index (χ3n) is 3.86. The summed E-state index contributed by atoms with van der Waals surface area (Å²) >= 11 is 0. The number of primary amides is 1. The number of nitrogens with two attached hydrogens (primary N) is 1. The van der Waals surface area contributed by atoms with Crippen molar-refractivity contribution in [2.24, 2.45) is 10.9 Å². The van der Waals surface area contributed by atoms with Crippen molar-refractivity contribution in [1.29, 1.82) is 0 Å². The number of anilines is 1. The summed E-state index contributed by atoms with van der Waals surface area (Å²) in [4.78, 5) is 29.4. The van der Waals surface area contributed by atoms with Gasteiger partial charge in [-0.25, -0.2) is 4.79 Å². The first-order valence-electron chi connectivity index (χ1n) is 7.73. The van der Waals surface area contributed by atoms with Gasteiger partial charge in [-0.05, 0) is 38.1 Å². The molecular weight excluding hydrogens is 328 g/mol. The number of amides is 2. The number of carbonyl (C=O) groups excluding carboxylic acids is 2. The van der Waals surface area contributed by atoms with E-state index in [1.807, 2.05) is 31.4 Å². The highest BCUT2D eigenvalue weighted by atomic mass is 16.6. The fourth-order valence-corrected chi connectivity index (χ4v) is 2.79. The summed E-state index contributed by atoms with van der Waals surface area (Å²) in [6, 6.07) is 5.26. The smallest absolute Gasteiger partial charge is 0.415 e. The van der Waals surface area contributed by atoms with E-state index in [2.05, 4.69) is 5.16 Å². The molecule has 3 rings (SSSR count). The Hall–Kier alpha value is -2.97. The summed E-state index contributed by atoms with van der Waals surface area (Å²) in [5.74, 6) is -0.679. The average Bonchev–Trinajstić information content (AvgIpc) is 3.06. The zero-order valence-corrected chi connectivity index (χ0v) is 14.5. The fraction of sp³-hybridized carbons (Fsp3) is 0.438. The highest BCUT2D eigenvalue weighted by Crippen LogP contribution is 2.28. The maximum absolute atomic E-state index is 12.0. The summed E-state index contributed by atoms with van der Waals surface area (Å²) in [6.45, 7) is 6.11. The quantitative estimate of drug-likeness (QED) is 0.839. The highest BCUT2D eigenvalue weighted by Gasteiger charge is 2.36. The van der Waals surface area contributed by atoms with Gasteiger partial charge in [0, 0.05) is 11.6 Å². The molecule has 0 unspecified atom stereocenters. The lowest BCUT2D eigenvalue weighted by atomic mass is 10.1. The molecule has 1 saturated heterocycles. The van der Waals surface area contributed by atoms with Crippen LogP contribution in [0.15, 0.2) is 27.8 Å². The summed E-state index contributed by atoms with van der Waals surface area (Å²) in [7, 11) is 1.44. The number of carbonyl (C=O) groups is 2. The van der Waals surface area contributed by atoms with Crippen molar-refractivity contribution in [2.75, 3.05) is 18.6 Å². The van der Waals surface area contributed by atoms with Crippen LogP contribution in [0.1, 0.15) is 20.8 Å². The predicted molar refractivity (Wildman–Crippen MR) is 88.6 cm³/mol. The molecule has 1 aromatic carbocycles. The molecular formula is C16H20N4O5. The van der Waals surface area contributed by atoms with Crippen molar-refractivity contribution in [3.05, 3.63) is 23.9 Å². The van der Waals surface area contributed by atoms with Crippen LogP contribution in [0, 0.1) is 0 Å². The van der Waals surface area contributed by atoms with Gasteiger partial charge >= 0.3 is 11.8 Å². The molecule has 1 aliphatic heterocycles. The lowest BCUT2D eigenvalue weighted by Gasteiger charge is -2.21. The molecule has 0 radical (unpaired) electrons. The van der Waals surface area contributed by atoms with Gasteiger partial charge in [0.1, 0.15) is 7.11 Å². The van der Waals surface area contributed by atoms with Crippen molar-refractivity contribution in [2.45, 2.75) is 32.4 Å². The molecule has 2 N–H and O–H groups in total. The van der Waals surface area contributed by atoms with Crippen LogP contribution in [-0.4, -0.2) is 36.3 Å². The fourth-order valence-electron chi connectivity index (χ4n) is 2.79. The van der Waals surface area contributed by atoms with Gasteiger partial charge in [-0.15, -0.1) is 0 Å². The number of ether oxygens (including phenoxy) is 1. The van der Waals surface area contributed by atoms with Gasteiger partial charge in [-0.2, -0.15) is 0 Å². The minimum absolute atomic E-state index is 0.0644. The average molecular weight is 348 g/mol. The first kappa shape index (κ1) is 16.9. The SMILES string of the molecule is CO/N=c1/oc2cc(N3C[C@H](C(N)=O)OC3=O)ccc2n1C(C)(C)C. The van der Waals surface area contributed by atoms with Crippen LogP contribution in [0.4, 0.5) is 10.5 Å². The van der Waals surface area contributed by atoms with Crippen LogP contribution in [0.25, 0.3) is 11.1 Å². The van der Waals surface area contributed by atoms with Crippen LogP contribution < -0.4 is 16.3 Å². The van der Waals surface area contributed by atoms with Gasteiger partial charge < -0.3 is 19.7 Å². The van der Waals surface area contributed by atoms with Crippen LogP contribution in [-0.2, 0) is 19.9 Å². The minimum Gasteiger partial charge on any atom is -0.434 e. The number of oxazole rings is 1. The highest BCUT2D eigenvalue weighted by molar-refractivity contribution is 5.96. The Morgan fingerprint density at radius 1 is 1.40 bits per heavy atom. The Labute approximate surface area is 143 Å². The zero-order valence-electron chi connectivity index (χ0n) is 14.5. The maximum Gasteiger partial charge on any atom is 0.415 e. The molecule has 1 fully saturated rings. The Morgan fingerprint density at radius 2 is 2.12 bits per heavy atom. The number of fused-ring (bicyclic) bond motifs is 1. The van der Waals surface area contributed by atoms with E-state index in [4.69, 9.17) is 19.7 Å². The lowest BCUT2D eigenvalue weighted by Crippen LogP contribution is -2.32. The van der Waals surface area contributed by atoms with E-state index < -0.39 is 18.1 Å². The summed E-state index contributed by atoms with van der Waals surface area (Å²) in [5.41, 5.74) is 7.08. The van der Waals surface area contributed by atoms with Crippen molar-refractivity contribution >= 4 is 28.8 Å². The number of nitrogens with zero attached hydrogens (tertiary/aromatic N) is 3. The second-order valence-corrected chi connectivity index (χ2v) is 6.70. The van der Waals surface area contributed by atoms with E-state index in [1.54, 1.807) is 12.1 Å². The first-order valence-corrected chi connectivity index (χ1v) is 7.73. The van der Waals surface area contributed by atoms with E-state index in [1.165, 1.54) is 12.0 Å². The summed E-state index contributed by atoms with van der Waals surface area (Å²) in [6.07, 6.45) is -1.58. The number of benzene rings is 1. The Kier molecular flexibility index (Phi) is 3.94. The van der Waals surface area contributed by atoms with E-state index >= 15 is 0 Å². The molecule has 1 aliphatic rings.